The number of anilines is 1. The molecule has 172 valence electrons. The Bertz CT molecular complexity index is 1370. The summed E-state index contributed by atoms with van der Waals surface area (Å²) < 4.78 is 2.38. The molecule has 2 atom stereocenters. The van der Waals surface area contributed by atoms with Crippen molar-refractivity contribution in [1.29, 1.82) is 0 Å². The fourth-order valence-electron chi connectivity index (χ4n) is 5.14. The third-order valence-corrected chi connectivity index (χ3v) is 7.09. The van der Waals surface area contributed by atoms with Crippen LogP contribution in [0, 0.1) is 34.6 Å². The van der Waals surface area contributed by atoms with Crippen LogP contribution in [0.4, 0.5) is 5.69 Å². The highest BCUT2D eigenvalue weighted by atomic mass is 32.1. The lowest BCUT2D eigenvalue weighted by atomic mass is 9.96. The van der Waals surface area contributed by atoms with E-state index in [0.717, 1.165) is 16.5 Å². The van der Waals surface area contributed by atoms with Crippen molar-refractivity contribution >= 4 is 23.0 Å². The Hall–Kier alpha value is -3.44. The van der Waals surface area contributed by atoms with Crippen molar-refractivity contribution in [3.05, 3.63) is 112 Å². The largest absolute Gasteiger partial charge is 0.351 e. The molecule has 2 aromatic carbocycles. The molecular weight excluding hydrogens is 436 g/mol. The molecule has 0 amide bonds. The summed E-state index contributed by atoms with van der Waals surface area (Å²) in [5.74, 6) is 0. The fourth-order valence-corrected chi connectivity index (χ4v) is 5.49. The number of nitrogens with one attached hydrogen (secondary N) is 1. The molecule has 0 saturated carbocycles. The summed E-state index contributed by atoms with van der Waals surface area (Å²) in [7, 11) is 0. The molecule has 5 heteroatoms. The molecule has 2 aromatic heterocycles. The van der Waals surface area contributed by atoms with Crippen molar-refractivity contribution in [2.45, 2.75) is 46.7 Å². The number of hydrogen-bond acceptors (Lipinski definition) is 2. The summed E-state index contributed by atoms with van der Waals surface area (Å²) in [5.41, 5.74) is 10.7. The molecule has 34 heavy (non-hydrogen) atoms. The van der Waals surface area contributed by atoms with Crippen molar-refractivity contribution in [2.75, 3.05) is 4.90 Å². The van der Waals surface area contributed by atoms with Gasteiger partial charge in [-0.15, -0.1) is 0 Å². The molecule has 1 fully saturated rings. The van der Waals surface area contributed by atoms with E-state index in [2.05, 4.69) is 104 Å². The Morgan fingerprint density at radius 3 is 2.38 bits per heavy atom. The molecule has 0 aliphatic carbocycles. The quantitative estimate of drug-likeness (QED) is 0.344. The molecule has 0 bridgehead atoms. The van der Waals surface area contributed by atoms with E-state index in [9.17, 15) is 0 Å². The number of benzene rings is 2. The molecule has 3 heterocycles. The van der Waals surface area contributed by atoms with Gasteiger partial charge in [0, 0.05) is 29.0 Å². The minimum Gasteiger partial charge on any atom is -0.351 e. The summed E-state index contributed by atoms with van der Waals surface area (Å²) >= 11 is 5.91. The summed E-state index contributed by atoms with van der Waals surface area (Å²) in [6.07, 6.45) is 1.85. The molecule has 1 aliphatic rings. The highest BCUT2D eigenvalue weighted by Crippen LogP contribution is 2.44. The fraction of sp³-hybridized carbons (Fsp3) is 0.241. The van der Waals surface area contributed by atoms with Gasteiger partial charge in [0.1, 0.15) is 0 Å². The molecule has 4 aromatic rings. The third-order valence-electron chi connectivity index (χ3n) is 6.77. The third kappa shape index (κ3) is 3.80. The zero-order valence-electron chi connectivity index (χ0n) is 20.3. The second kappa shape index (κ2) is 8.73. The second-order valence-electron chi connectivity index (χ2n) is 9.29. The number of hydrogen-bond donors (Lipinski definition) is 1. The van der Waals surface area contributed by atoms with Crippen LogP contribution in [0.1, 0.15) is 51.4 Å². The van der Waals surface area contributed by atoms with Crippen LogP contribution in [0.5, 0.6) is 0 Å². The summed E-state index contributed by atoms with van der Waals surface area (Å²) in [4.78, 5) is 6.96. The van der Waals surface area contributed by atoms with Crippen molar-refractivity contribution in [1.82, 2.24) is 14.9 Å². The lowest BCUT2D eigenvalue weighted by Crippen LogP contribution is -2.29. The summed E-state index contributed by atoms with van der Waals surface area (Å²) in [6, 6.07) is 23.5. The van der Waals surface area contributed by atoms with Gasteiger partial charge in [-0.25, -0.2) is 0 Å². The molecule has 4 nitrogen and oxygen atoms in total. The second-order valence-corrected chi connectivity index (χ2v) is 9.67. The Balaban J connectivity index is 1.71. The van der Waals surface area contributed by atoms with Gasteiger partial charge < -0.3 is 14.8 Å². The van der Waals surface area contributed by atoms with Crippen molar-refractivity contribution in [3.63, 3.8) is 0 Å². The van der Waals surface area contributed by atoms with E-state index in [0.29, 0.717) is 0 Å². The van der Waals surface area contributed by atoms with Gasteiger partial charge in [0.25, 0.3) is 0 Å². The molecule has 1 aliphatic heterocycles. The zero-order valence-corrected chi connectivity index (χ0v) is 21.1. The zero-order chi connectivity index (χ0) is 24.0. The van der Waals surface area contributed by atoms with Crippen LogP contribution in [0.15, 0.2) is 72.9 Å². The molecule has 0 unspecified atom stereocenters. The minimum absolute atomic E-state index is 0.0192. The smallest absolute Gasteiger partial charge is 0.174 e. The topological polar surface area (TPSA) is 33.1 Å². The predicted octanol–water partition coefficient (Wildman–Crippen LogP) is 6.59. The van der Waals surface area contributed by atoms with E-state index < -0.39 is 0 Å². The maximum absolute atomic E-state index is 5.91. The van der Waals surface area contributed by atoms with Gasteiger partial charge in [0.15, 0.2) is 5.11 Å². The lowest BCUT2D eigenvalue weighted by molar-refractivity contribution is 0.565. The summed E-state index contributed by atoms with van der Waals surface area (Å²) in [6.45, 7) is 10.8. The molecule has 0 spiro atoms. The average Bonchev–Trinajstić information content (AvgIpc) is 3.31. The van der Waals surface area contributed by atoms with Crippen molar-refractivity contribution < 1.29 is 0 Å². The molecular formula is C29H30N4S. The van der Waals surface area contributed by atoms with Gasteiger partial charge in [0.2, 0.25) is 0 Å². The SMILES string of the molecule is Cc1cccc(N2C(=S)N[C@H](c3ccccn3)[C@@H]2c2cc(C)n(-c3cc(C)ccc3C)c2C)c1. The first-order valence-corrected chi connectivity index (χ1v) is 12.1. The lowest BCUT2D eigenvalue weighted by Gasteiger charge is -2.28. The van der Waals surface area contributed by atoms with E-state index in [1.807, 2.05) is 18.3 Å². The molecule has 1 saturated heterocycles. The Morgan fingerprint density at radius 1 is 0.853 bits per heavy atom. The first kappa shape index (κ1) is 22.4. The van der Waals surface area contributed by atoms with E-state index in [1.165, 1.54) is 39.3 Å². The normalized spacial score (nSPS) is 17.8. The van der Waals surface area contributed by atoms with Crippen LogP contribution < -0.4 is 10.2 Å². The minimum atomic E-state index is -0.0539. The van der Waals surface area contributed by atoms with E-state index in [-0.39, 0.29) is 12.1 Å². The van der Waals surface area contributed by atoms with Gasteiger partial charge in [0.05, 0.1) is 17.8 Å². The average molecular weight is 467 g/mol. The first-order valence-electron chi connectivity index (χ1n) is 11.7. The highest BCUT2D eigenvalue weighted by Gasteiger charge is 2.42. The van der Waals surface area contributed by atoms with Crippen LogP contribution in [0.3, 0.4) is 0 Å². The molecule has 5 rings (SSSR count). The standard InChI is InChI=1S/C29H30N4S/c1-18-9-8-10-23(15-18)33-28(27(31-29(33)34)25-11-6-7-14-30-25)24-17-21(4)32(22(24)5)26-16-19(2)12-13-20(26)3/h6-17,27-28H,1-5H3,(H,31,34)/t27-,28+/m1/s1. The number of aromatic nitrogens is 2. The predicted molar refractivity (Wildman–Crippen MR) is 144 cm³/mol. The van der Waals surface area contributed by atoms with Gasteiger partial charge in [-0.3, -0.25) is 4.98 Å². The molecule has 1 N–H and O–H groups in total. The van der Waals surface area contributed by atoms with E-state index >= 15 is 0 Å². The maximum atomic E-state index is 5.91. The van der Waals surface area contributed by atoms with Crippen LogP contribution in [-0.4, -0.2) is 14.7 Å². The maximum Gasteiger partial charge on any atom is 0.174 e. The van der Waals surface area contributed by atoms with Crippen LogP contribution in [0.2, 0.25) is 0 Å². The van der Waals surface area contributed by atoms with Crippen LogP contribution >= 0.6 is 12.2 Å². The Morgan fingerprint density at radius 2 is 1.65 bits per heavy atom. The van der Waals surface area contributed by atoms with Crippen molar-refractivity contribution in [2.24, 2.45) is 0 Å². The monoisotopic (exact) mass is 466 g/mol. The van der Waals surface area contributed by atoms with Gasteiger partial charge in [-0.1, -0.05) is 30.3 Å². The van der Waals surface area contributed by atoms with E-state index in [4.69, 9.17) is 17.2 Å². The number of rotatable bonds is 4. The molecule has 0 radical (unpaired) electrons. The Labute approximate surface area is 207 Å². The van der Waals surface area contributed by atoms with Crippen LogP contribution in [-0.2, 0) is 0 Å². The number of thiocarbonyl (C=S) groups is 1. The summed E-state index contributed by atoms with van der Waals surface area (Å²) in [5, 5.41) is 4.31. The number of pyridine rings is 1. The van der Waals surface area contributed by atoms with Gasteiger partial charge in [-0.2, -0.15) is 0 Å². The van der Waals surface area contributed by atoms with Gasteiger partial charge in [-0.05, 0) is 105 Å². The Kier molecular flexibility index (Phi) is 5.74. The van der Waals surface area contributed by atoms with Crippen LogP contribution in [0.25, 0.3) is 5.69 Å². The highest BCUT2D eigenvalue weighted by molar-refractivity contribution is 7.80. The number of nitrogens with zero attached hydrogens (tertiary/aromatic N) is 3. The first-order chi connectivity index (χ1) is 16.3. The number of aryl methyl sites for hydroxylation is 4. The van der Waals surface area contributed by atoms with Crippen molar-refractivity contribution in [3.8, 4) is 5.69 Å². The van der Waals surface area contributed by atoms with E-state index in [1.54, 1.807) is 0 Å². The van der Waals surface area contributed by atoms with Gasteiger partial charge >= 0.3 is 0 Å².